The summed E-state index contributed by atoms with van der Waals surface area (Å²) in [7, 11) is 0. The van der Waals surface area contributed by atoms with Gasteiger partial charge in [0.05, 0.1) is 0 Å². The molecule has 3 aromatic carbocycles. The van der Waals surface area contributed by atoms with Crippen molar-refractivity contribution < 1.29 is 9.90 Å². The minimum Gasteiger partial charge on any atom is -0.507 e. The lowest BCUT2D eigenvalue weighted by molar-refractivity contribution is 0.101. The molecule has 28 heavy (non-hydrogen) atoms. The summed E-state index contributed by atoms with van der Waals surface area (Å²) in [5.41, 5.74) is 5.65. The van der Waals surface area contributed by atoms with Crippen molar-refractivity contribution in [2.75, 3.05) is 0 Å². The fourth-order valence-electron chi connectivity index (χ4n) is 3.23. The van der Waals surface area contributed by atoms with E-state index in [0.717, 1.165) is 22.3 Å². The number of phenols is 1. The Hall–Kier alpha value is -3.65. The van der Waals surface area contributed by atoms with E-state index in [2.05, 4.69) is 13.2 Å². The Bertz CT molecular complexity index is 1070. The van der Waals surface area contributed by atoms with Crippen molar-refractivity contribution in [3.05, 3.63) is 109 Å². The first-order valence-corrected chi connectivity index (χ1v) is 9.04. The highest BCUT2D eigenvalue weighted by atomic mass is 16.3. The van der Waals surface area contributed by atoms with E-state index in [1.165, 1.54) is 6.92 Å². The van der Waals surface area contributed by atoms with Crippen LogP contribution in [0.15, 0.2) is 98.1 Å². The molecular weight excluding hydrogens is 344 g/mol. The van der Waals surface area contributed by atoms with Crippen LogP contribution in [-0.2, 0) is 0 Å². The van der Waals surface area contributed by atoms with Crippen molar-refractivity contribution in [3.8, 4) is 28.0 Å². The molecule has 0 aromatic heterocycles. The third kappa shape index (κ3) is 3.86. The van der Waals surface area contributed by atoms with Gasteiger partial charge in [-0.1, -0.05) is 86.0 Å². The molecule has 0 spiro atoms. The van der Waals surface area contributed by atoms with E-state index >= 15 is 0 Å². The summed E-state index contributed by atoms with van der Waals surface area (Å²) in [5.74, 6) is 0.0680. The largest absolute Gasteiger partial charge is 0.507 e. The Morgan fingerprint density at radius 2 is 1.64 bits per heavy atom. The quantitative estimate of drug-likeness (QED) is 0.390. The number of hydrogen-bond acceptors (Lipinski definition) is 2. The van der Waals surface area contributed by atoms with Gasteiger partial charge in [-0.05, 0) is 46.9 Å². The van der Waals surface area contributed by atoms with Gasteiger partial charge in [0.2, 0.25) is 0 Å². The second kappa shape index (κ2) is 8.36. The summed E-state index contributed by atoms with van der Waals surface area (Å²) < 4.78 is 0. The van der Waals surface area contributed by atoms with E-state index in [-0.39, 0.29) is 11.5 Å². The standard InChI is InChI=1S/C26H22O2/c1-4-9-19(5-2)22-13-15-24(26(28)17-22)25-16-21(12-14-23(25)18(3)27)20-10-7-6-8-11-20/h4-17,28H,1-2H2,3H3/b19-9+. The summed E-state index contributed by atoms with van der Waals surface area (Å²) in [4.78, 5) is 12.2. The predicted octanol–water partition coefficient (Wildman–Crippen LogP) is 6.68. The Kier molecular flexibility index (Phi) is 5.71. The number of Topliss-reactive ketones (excluding diaryl/α,β-unsaturated/α-hetero) is 1. The van der Waals surface area contributed by atoms with Crippen molar-refractivity contribution >= 4 is 11.4 Å². The SMILES string of the molecule is C=C/C=C(\C=C)c1ccc(-c2cc(-c3ccccc3)ccc2C(C)=O)c(O)c1. The summed E-state index contributed by atoms with van der Waals surface area (Å²) in [6, 6.07) is 21.1. The summed E-state index contributed by atoms with van der Waals surface area (Å²) in [6.45, 7) is 9.05. The first-order valence-electron chi connectivity index (χ1n) is 9.04. The van der Waals surface area contributed by atoms with Crippen LogP contribution in [0.5, 0.6) is 5.75 Å². The van der Waals surface area contributed by atoms with E-state index in [0.29, 0.717) is 16.7 Å². The second-order valence-corrected chi connectivity index (χ2v) is 6.48. The number of allylic oxidation sites excluding steroid dienone is 4. The average Bonchev–Trinajstić information content (AvgIpc) is 2.72. The van der Waals surface area contributed by atoms with Crippen LogP contribution in [0, 0.1) is 0 Å². The topological polar surface area (TPSA) is 37.3 Å². The van der Waals surface area contributed by atoms with Gasteiger partial charge in [-0.2, -0.15) is 0 Å². The van der Waals surface area contributed by atoms with Gasteiger partial charge in [0.25, 0.3) is 0 Å². The van der Waals surface area contributed by atoms with Crippen molar-refractivity contribution in [1.82, 2.24) is 0 Å². The van der Waals surface area contributed by atoms with Gasteiger partial charge in [0.1, 0.15) is 5.75 Å². The van der Waals surface area contributed by atoms with E-state index < -0.39 is 0 Å². The smallest absolute Gasteiger partial charge is 0.160 e. The lowest BCUT2D eigenvalue weighted by Crippen LogP contribution is -1.97. The van der Waals surface area contributed by atoms with Gasteiger partial charge in [0, 0.05) is 11.1 Å². The molecule has 3 rings (SSSR count). The van der Waals surface area contributed by atoms with Crippen LogP contribution in [0.3, 0.4) is 0 Å². The molecule has 0 aliphatic heterocycles. The highest BCUT2D eigenvalue weighted by molar-refractivity contribution is 6.02. The van der Waals surface area contributed by atoms with Crippen molar-refractivity contribution in [1.29, 1.82) is 0 Å². The monoisotopic (exact) mass is 366 g/mol. The Labute approximate surface area is 165 Å². The zero-order valence-electron chi connectivity index (χ0n) is 15.9. The van der Waals surface area contributed by atoms with Crippen LogP contribution >= 0.6 is 0 Å². The van der Waals surface area contributed by atoms with Crippen LogP contribution in [0.2, 0.25) is 0 Å². The Morgan fingerprint density at radius 1 is 0.893 bits per heavy atom. The van der Waals surface area contributed by atoms with Crippen LogP contribution < -0.4 is 0 Å². The Morgan fingerprint density at radius 3 is 2.25 bits per heavy atom. The van der Waals surface area contributed by atoms with Gasteiger partial charge in [-0.15, -0.1) is 0 Å². The third-order valence-electron chi connectivity index (χ3n) is 4.64. The Balaban J connectivity index is 2.16. The van der Waals surface area contributed by atoms with E-state index in [1.54, 1.807) is 18.2 Å². The molecule has 0 saturated heterocycles. The summed E-state index contributed by atoms with van der Waals surface area (Å²) >= 11 is 0. The summed E-state index contributed by atoms with van der Waals surface area (Å²) in [6.07, 6.45) is 5.23. The number of phenolic OH excluding ortho intramolecular Hbond substituents is 1. The average molecular weight is 366 g/mol. The first-order chi connectivity index (χ1) is 13.5. The number of hydrogen-bond donors (Lipinski definition) is 1. The number of carbonyl (C=O) groups excluding carboxylic acids is 1. The number of aromatic hydroxyl groups is 1. The van der Waals surface area contributed by atoms with Crippen LogP contribution in [0.1, 0.15) is 22.8 Å². The van der Waals surface area contributed by atoms with Crippen molar-refractivity contribution in [2.45, 2.75) is 6.92 Å². The van der Waals surface area contributed by atoms with Crippen molar-refractivity contribution in [2.24, 2.45) is 0 Å². The number of ketones is 1. The molecule has 0 saturated carbocycles. The molecule has 1 N–H and O–H groups in total. The molecule has 3 aromatic rings. The molecule has 0 fully saturated rings. The lowest BCUT2D eigenvalue weighted by atomic mass is 9.91. The summed E-state index contributed by atoms with van der Waals surface area (Å²) in [5, 5.41) is 10.7. The normalized spacial score (nSPS) is 11.1. The molecule has 0 bridgehead atoms. The fourth-order valence-corrected chi connectivity index (χ4v) is 3.23. The maximum absolute atomic E-state index is 12.2. The third-order valence-corrected chi connectivity index (χ3v) is 4.64. The first kappa shape index (κ1) is 19.1. The highest BCUT2D eigenvalue weighted by Gasteiger charge is 2.15. The van der Waals surface area contributed by atoms with Gasteiger partial charge in [-0.25, -0.2) is 0 Å². The van der Waals surface area contributed by atoms with Gasteiger partial charge >= 0.3 is 0 Å². The second-order valence-electron chi connectivity index (χ2n) is 6.48. The van der Waals surface area contributed by atoms with E-state index in [4.69, 9.17) is 0 Å². The molecule has 2 heteroatoms. The van der Waals surface area contributed by atoms with E-state index in [9.17, 15) is 9.90 Å². The molecule has 0 aliphatic rings. The molecule has 0 atom stereocenters. The van der Waals surface area contributed by atoms with Gasteiger partial charge in [-0.3, -0.25) is 4.79 Å². The zero-order chi connectivity index (χ0) is 20.1. The minimum absolute atomic E-state index is 0.0450. The molecule has 0 radical (unpaired) electrons. The maximum atomic E-state index is 12.2. The highest BCUT2D eigenvalue weighted by Crippen LogP contribution is 2.36. The predicted molar refractivity (Wildman–Crippen MR) is 117 cm³/mol. The molecule has 2 nitrogen and oxygen atoms in total. The fraction of sp³-hybridized carbons (Fsp3) is 0.0385. The van der Waals surface area contributed by atoms with Gasteiger partial charge < -0.3 is 5.11 Å². The van der Waals surface area contributed by atoms with Crippen molar-refractivity contribution in [3.63, 3.8) is 0 Å². The molecular formula is C26H22O2. The molecule has 0 unspecified atom stereocenters. The molecule has 0 amide bonds. The molecule has 138 valence electrons. The molecule has 0 aliphatic carbocycles. The minimum atomic E-state index is -0.0450. The zero-order valence-corrected chi connectivity index (χ0v) is 15.9. The van der Waals surface area contributed by atoms with Crippen LogP contribution in [0.4, 0.5) is 0 Å². The van der Waals surface area contributed by atoms with Crippen LogP contribution in [0.25, 0.3) is 27.8 Å². The maximum Gasteiger partial charge on any atom is 0.160 e. The number of rotatable bonds is 6. The van der Waals surface area contributed by atoms with Gasteiger partial charge in [0.15, 0.2) is 5.78 Å². The van der Waals surface area contributed by atoms with E-state index in [1.807, 2.05) is 66.7 Å². The lowest BCUT2D eigenvalue weighted by Gasteiger charge is -2.13. The molecule has 0 heterocycles. The van der Waals surface area contributed by atoms with Crippen LogP contribution in [-0.4, -0.2) is 10.9 Å². The number of carbonyl (C=O) groups is 1. The number of benzene rings is 3.